The summed E-state index contributed by atoms with van der Waals surface area (Å²) in [5.74, 6) is -0.528. The van der Waals surface area contributed by atoms with Crippen LogP contribution in [0.4, 0.5) is 0 Å². The van der Waals surface area contributed by atoms with Crippen LogP contribution in [0.2, 0.25) is 0 Å². The molecule has 0 radical (unpaired) electrons. The zero-order chi connectivity index (χ0) is 16.1. The van der Waals surface area contributed by atoms with E-state index in [1.165, 1.54) is 29.1 Å². The molecule has 1 N–H and O–H groups in total. The van der Waals surface area contributed by atoms with Crippen molar-refractivity contribution in [1.82, 2.24) is 10.2 Å². The topological polar surface area (TPSA) is 66.5 Å². The number of rotatable bonds is 2. The lowest BCUT2D eigenvalue weighted by Crippen LogP contribution is -2.51. The second-order valence-corrected chi connectivity index (χ2v) is 7.38. The fourth-order valence-electron chi connectivity index (χ4n) is 3.90. The molecule has 0 spiro atoms. The van der Waals surface area contributed by atoms with E-state index in [0.717, 1.165) is 18.4 Å². The Morgan fingerprint density at radius 2 is 1.87 bits per heavy atom. The normalized spacial score (nSPS) is 25.2. The first-order valence-electron chi connectivity index (χ1n) is 8.06. The molecule has 2 aliphatic heterocycles. The first-order chi connectivity index (χ1) is 11.1. The molecule has 1 unspecified atom stereocenters. The van der Waals surface area contributed by atoms with E-state index in [4.69, 9.17) is 0 Å². The molecule has 3 aliphatic rings. The third kappa shape index (κ3) is 2.16. The maximum absolute atomic E-state index is 12.9. The molecule has 3 heterocycles. The van der Waals surface area contributed by atoms with Gasteiger partial charge >= 0.3 is 0 Å². The summed E-state index contributed by atoms with van der Waals surface area (Å²) in [5, 5.41) is 4.63. The third-order valence-electron chi connectivity index (χ3n) is 5.09. The van der Waals surface area contributed by atoms with E-state index in [0.29, 0.717) is 34.9 Å². The van der Waals surface area contributed by atoms with Gasteiger partial charge in [0.15, 0.2) is 0 Å². The van der Waals surface area contributed by atoms with Crippen molar-refractivity contribution in [3.05, 3.63) is 33.7 Å². The summed E-state index contributed by atoms with van der Waals surface area (Å²) in [5.41, 5.74) is 2.22. The molecule has 0 aromatic carbocycles. The number of fused-ring (bicyclic) bond motifs is 1. The number of hydrogen-bond donors (Lipinski definition) is 1. The van der Waals surface area contributed by atoms with Crippen LogP contribution in [0.3, 0.4) is 0 Å². The van der Waals surface area contributed by atoms with E-state index in [1.807, 2.05) is 5.38 Å². The van der Waals surface area contributed by atoms with Crippen molar-refractivity contribution in [2.24, 2.45) is 0 Å². The molecular formula is C17H18N2O3S. The highest BCUT2D eigenvalue weighted by Crippen LogP contribution is 2.42. The standard InChI is InChI=1S/C17H18N2O3S/c1-9-6-7-12(15(20)18-9)19-16(21)13-11(10-4-2-3-5-10)8-23-14(13)17(19)22/h8,10,12H,1-7H2,(H,18,20). The van der Waals surface area contributed by atoms with Gasteiger partial charge < -0.3 is 5.32 Å². The molecule has 2 fully saturated rings. The molecule has 5 nitrogen and oxygen atoms in total. The summed E-state index contributed by atoms with van der Waals surface area (Å²) < 4.78 is 0. The van der Waals surface area contributed by atoms with Gasteiger partial charge in [0.05, 0.1) is 5.56 Å². The van der Waals surface area contributed by atoms with Gasteiger partial charge in [0, 0.05) is 5.70 Å². The largest absolute Gasteiger partial charge is 0.329 e. The van der Waals surface area contributed by atoms with E-state index in [9.17, 15) is 14.4 Å². The molecule has 23 heavy (non-hydrogen) atoms. The molecule has 6 heteroatoms. The van der Waals surface area contributed by atoms with E-state index < -0.39 is 6.04 Å². The third-order valence-corrected chi connectivity index (χ3v) is 6.08. The van der Waals surface area contributed by atoms with Gasteiger partial charge in [0.1, 0.15) is 10.9 Å². The van der Waals surface area contributed by atoms with Crippen LogP contribution < -0.4 is 5.32 Å². The molecule has 4 rings (SSSR count). The van der Waals surface area contributed by atoms with Crippen LogP contribution in [0.15, 0.2) is 17.7 Å². The van der Waals surface area contributed by atoms with Gasteiger partial charge in [-0.3, -0.25) is 19.3 Å². The number of imide groups is 1. The Kier molecular flexibility index (Phi) is 3.37. The maximum atomic E-state index is 12.9. The first kappa shape index (κ1) is 14.6. The number of thiophene rings is 1. The van der Waals surface area contributed by atoms with Crippen LogP contribution in [0.1, 0.15) is 70.0 Å². The molecule has 1 aromatic rings. The average Bonchev–Trinajstić information content (AvgIpc) is 3.20. The summed E-state index contributed by atoms with van der Waals surface area (Å²) in [4.78, 5) is 39.4. The second kappa shape index (κ2) is 5.30. The zero-order valence-corrected chi connectivity index (χ0v) is 13.6. The molecule has 0 bridgehead atoms. The van der Waals surface area contributed by atoms with Gasteiger partial charge in [-0.15, -0.1) is 11.3 Å². The maximum Gasteiger partial charge on any atom is 0.272 e. The lowest BCUT2D eigenvalue weighted by atomic mass is 9.96. The minimum Gasteiger partial charge on any atom is -0.329 e. The Balaban J connectivity index is 1.67. The molecule has 1 aromatic heterocycles. The minimum atomic E-state index is -0.712. The van der Waals surface area contributed by atoms with E-state index in [2.05, 4.69) is 11.9 Å². The van der Waals surface area contributed by atoms with Crippen molar-refractivity contribution in [3.8, 4) is 0 Å². The molecule has 1 aliphatic carbocycles. The molecule has 120 valence electrons. The van der Waals surface area contributed by atoms with E-state index in [1.54, 1.807) is 0 Å². The number of nitrogens with one attached hydrogen (secondary N) is 1. The van der Waals surface area contributed by atoms with Gasteiger partial charge in [-0.25, -0.2) is 0 Å². The summed E-state index contributed by atoms with van der Waals surface area (Å²) >= 11 is 1.35. The summed E-state index contributed by atoms with van der Waals surface area (Å²) in [6.45, 7) is 3.74. The van der Waals surface area contributed by atoms with Crippen molar-refractivity contribution < 1.29 is 14.4 Å². The molecule has 1 atom stereocenters. The Hall–Kier alpha value is -1.95. The fourth-order valence-corrected chi connectivity index (χ4v) is 4.98. The predicted molar refractivity (Wildman–Crippen MR) is 86.3 cm³/mol. The zero-order valence-electron chi connectivity index (χ0n) is 12.8. The van der Waals surface area contributed by atoms with Gasteiger partial charge in [-0.1, -0.05) is 19.4 Å². The Labute approximate surface area is 138 Å². The van der Waals surface area contributed by atoms with Crippen molar-refractivity contribution in [1.29, 1.82) is 0 Å². The number of allylic oxidation sites excluding steroid dienone is 1. The number of hydrogen-bond acceptors (Lipinski definition) is 4. The monoisotopic (exact) mass is 330 g/mol. The van der Waals surface area contributed by atoms with Crippen LogP contribution in [-0.4, -0.2) is 28.7 Å². The lowest BCUT2D eigenvalue weighted by molar-refractivity contribution is -0.125. The van der Waals surface area contributed by atoms with Gasteiger partial charge in [-0.05, 0) is 42.5 Å². The predicted octanol–water partition coefficient (Wildman–Crippen LogP) is 2.79. The highest BCUT2D eigenvalue weighted by Gasteiger charge is 2.46. The Morgan fingerprint density at radius 1 is 1.13 bits per heavy atom. The summed E-state index contributed by atoms with van der Waals surface area (Å²) in [6.07, 6.45) is 5.55. The molecule has 3 amide bonds. The Bertz CT molecular complexity index is 730. The van der Waals surface area contributed by atoms with E-state index in [-0.39, 0.29) is 17.7 Å². The fraction of sp³-hybridized carbons (Fsp3) is 0.471. The number of amides is 3. The second-order valence-electron chi connectivity index (χ2n) is 6.50. The van der Waals surface area contributed by atoms with Crippen molar-refractivity contribution >= 4 is 29.1 Å². The van der Waals surface area contributed by atoms with Crippen molar-refractivity contribution in [2.75, 3.05) is 0 Å². The quantitative estimate of drug-likeness (QED) is 0.848. The molecule has 1 saturated heterocycles. The number of carbonyl (C=O) groups excluding carboxylic acids is 3. The van der Waals surface area contributed by atoms with Crippen LogP contribution in [0, 0.1) is 0 Å². The SMILES string of the molecule is C=C1CCC(N2C(=O)c3scc(C4CCCC4)c3C2=O)C(=O)N1. The van der Waals surface area contributed by atoms with Gasteiger partial charge in [-0.2, -0.15) is 0 Å². The number of nitrogens with zero attached hydrogens (tertiary/aromatic N) is 1. The average molecular weight is 330 g/mol. The lowest BCUT2D eigenvalue weighted by Gasteiger charge is -2.29. The minimum absolute atomic E-state index is 0.291. The van der Waals surface area contributed by atoms with Crippen LogP contribution in [0.25, 0.3) is 0 Å². The molecular weight excluding hydrogens is 312 g/mol. The smallest absolute Gasteiger partial charge is 0.272 e. The van der Waals surface area contributed by atoms with Gasteiger partial charge in [0.25, 0.3) is 11.8 Å². The van der Waals surface area contributed by atoms with Crippen LogP contribution in [0.5, 0.6) is 0 Å². The summed E-state index contributed by atoms with van der Waals surface area (Å²) in [6, 6.07) is -0.712. The highest BCUT2D eigenvalue weighted by atomic mass is 32.1. The summed E-state index contributed by atoms with van der Waals surface area (Å²) in [7, 11) is 0. The van der Waals surface area contributed by atoms with Crippen LogP contribution >= 0.6 is 11.3 Å². The van der Waals surface area contributed by atoms with Gasteiger partial charge in [0.2, 0.25) is 5.91 Å². The van der Waals surface area contributed by atoms with Crippen molar-refractivity contribution in [2.45, 2.75) is 50.5 Å². The van der Waals surface area contributed by atoms with Crippen LogP contribution in [-0.2, 0) is 4.79 Å². The number of carbonyl (C=O) groups is 3. The van der Waals surface area contributed by atoms with E-state index >= 15 is 0 Å². The highest BCUT2D eigenvalue weighted by molar-refractivity contribution is 7.13. The van der Waals surface area contributed by atoms with Crippen molar-refractivity contribution in [3.63, 3.8) is 0 Å². The molecule has 1 saturated carbocycles. The Morgan fingerprint density at radius 3 is 2.57 bits per heavy atom. The first-order valence-corrected chi connectivity index (χ1v) is 8.94. The number of piperidine rings is 1.